The first-order valence-electron chi connectivity index (χ1n) is 8.00. The van der Waals surface area contributed by atoms with Crippen molar-refractivity contribution in [3.05, 3.63) is 57.1 Å². The Morgan fingerprint density at radius 1 is 1.37 bits per heavy atom. The van der Waals surface area contributed by atoms with Gasteiger partial charge in [-0.25, -0.2) is 0 Å². The molecule has 0 saturated heterocycles. The summed E-state index contributed by atoms with van der Waals surface area (Å²) in [4.78, 5) is 22.6. The molecule has 1 N–H and O–H groups in total. The summed E-state index contributed by atoms with van der Waals surface area (Å²) in [6.07, 6.45) is -0.0616. The van der Waals surface area contributed by atoms with E-state index in [1.807, 2.05) is 6.07 Å². The van der Waals surface area contributed by atoms with Gasteiger partial charge in [0.1, 0.15) is 5.69 Å². The predicted octanol–water partition coefficient (Wildman–Crippen LogP) is 3.93. The Balaban J connectivity index is 2.03. The van der Waals surface area contributed by atoms with Gasteiger partial charge in [0.25, 0.3) is 5.69 Å². The number of nitrogens with zero attached hydrogens (tertiary/aromatic N) is 2. The molecule has 2 rings (SSSR count). The van der Waals surface area contributed by atoms with Crippen LogP contribution in [0.15, 0.2) is 36.4 Å². The molecule has 27 heavy (non-hydrogen) atoms. The molecule has 0 saturated carbocycles. The minimum atomic E-state index is -0.603. The molecule has 0 fully saturated rings. The van der Waals surface area contributed by atoms with Gasteiger partial charge in [0, 0.05) is 18.7 Å². The van der Waals surface area contributed by atoms with E-state index in [0.717, 1.165) is 0 Å². The van der Waals surface area contributed by atoms with Crippen LogP contribution >= 0.6 is 11.6 Å². The molecule has 0 aliphatic heterocycles. The van der Waals surface area contributed by atoms with Gasteiger partial charge in [0.2, 0.25) is 0 Å². The van der Waals surface area contributed by atoms with Crippen molar-refractivity contribution in [3.8, 4) is 17.6 Å². The van der Waals surface area contributed by atoms with Gasteiger partial charge < -0.3 is 14.8 Å². The Kier molecular flexibility index (Phi) is 6.97. The molecule has 9 heteroatoms. The molecule has 0 aromatic heterocycles. The second-order valence-electron chi connectivity index (χ2n) is 5.26. The van der Waals surface area contributed by atoms with Crippen molar-refractivity contribution in [1.82, 2.24) is 0 Å². The molecule has 8 nitrogen and oxygen atoms in total. The number of nitro benzene ring substituents is 1. The summed E-state index contributed by atoms with van der Waals surface area (Å²) < 4.78 is 10.6. The number of hydrogen-bond acceptors (Lipinski definition) is 7. The maximum atomic E-state index is 12.1. The Morgan fingerprint density at radius 3 is 2.78 bits per heavy atom. The number of nitriles is 1. The van der Waals surface area contributed by atoms with Gasteiger partial charge in [0.05, 0.1) is 34.6 Å². The van der Waals surface area contributed by atoms with E-state index in [2.05, 4.69) is 5.32 Å². The highest BCUT2D eigenvalue weighted by atomic mass is 35.5. The fourth-order valence-electron chi connectivity index (χ4n) is 2.24. The van der Waals surface area contributed by atoms with Gasteiger partial charge in [0.15, 0.2) is 11.5 Å². The monoisotopic (exact) mass is 389 g/mol. The number of nitrogens with one attached hydrogen (secondary N) is 1. The number of rotatable bonds is 8. The molecular weight excluding hydrogens is 374 g/mol. The van der Waals surface area contributed by atoms with Crippen molar-refractivity contribution < 1.29 is 19.2 Å². The number of ether oxygens (including phenoxy) is 2. The largest absolute Gasteiger partial charge is 0.490 e. The van der Waals surface area contributed by atoms with E-state index in [1.54, 1.807) is 25.1 Å². The number of esters is 1. The number of hydrogen-bond donors (Lipinski definition) is 1. The lowest BCUT2D eigenvalue weighted by Crippen LogP contribution is -2.15. The number of carbonyl (C=O) groups excluding carboxylic acids is 1. The predicted molar refractivity (Wildman–Crippen MR) is 99.2 cm³/mol. The number of benzene rings is 2. The standard InChI is InChI=1S/C18H16ClN3O5/c1-2-26-16-10-12(11-20)9-13(19)18(16)27-17(23)7-8-21-14-5-3-4-6-15(14)22(24)25/h3-6,9-10,21H,2,7-8H2,1H3. The zero-order valence-corrected chi connectivity index (χ0v) is 15.2. The van der Waals surface area contributed by atoms with Crippen molar-refractivity contribution in [2.24, 2.45) is 0 Å². The summed E-state index contributed by atoms with van der Waals surface area (Å²) in [6, 6.07) is 10.9. The summed E-state index contributed by atoms with van der Waals surface area (Å²) in [5.41, 5.74) is 0.502. The van der Waals surface area contributed by atoms with E-state index in [4.69, 9.17) is 26.3 Å². The van der Waals surface area contributed by atoms with Crippen LogP contribution in [0, 0.1) is 21.4 Å². The summed E-state index contributed by atoms with van der Waals surface area (Å²) in [7, 11) is 0. The average molecular weight is 390 g/mol. The van der Waals surface area contributed by atoms with E-state index in [0.29, 0.717) is 12.3 Å². The van der Waals surface area contributed by atoms with E-state index >= 15 is 0 Å². The van der Waals surface area contributed by atoms with E-state index in [-0.39, 0.29) is 40.7 Å². The molecule has 0 aliphatic rings. The van der Waals surface area contributed by atoms with Gasteiger partial charge in [-0.2, -0.15) is 5.26 Å². The third-order valence-electron chi connectivity index (χ3n) is 3.40. The molecule has 2 aromatic rings. The zero-order valence-electron chi connectivity index (χ0n) is 14.4. The average Bonchev–Trinajstić information content (AvgIpc) is 2.64. The number of nitro groups is 1. The van der Waals surface area contributed by atoms with Gasteiger partial charge in [-0.05, 0) is 19.1 Å². The summed E-state index contributed by atoms with van der Waals surface area (Å²) >= 11 is 6.08. The SMILES string of the molecule is CCOc1cc(C#N)cc(Cl)c1OC(=O)CCNc1ccccc1[N+](=O)[O-]. The zero-order chi connectivity index (χ0) is 19.8. The van der Waals surface area contributed by atoms with Crippen LogP contribution in [0.3, 0.4) is 0 Å². The molecule has 140 valence electrons. The van der Waals surface area contributed by atoms with Gasteiger partial charge in [-0.1, -0.05) is 23.7 Å². The molecule has 0 spiro atoms. The third-order valence-corrected chi connectivity index (χ3v) is 3.68. The lowest BCUT2D eigenvalue weighted by Gasteiger charge is -2.13. The first-order chi connectivity index (χ1) is 13.0. The molecule has 0 unspecified atom stereocenters. The van der Waals surface area contributed by atoms with E-state index in [9.17, 15) is 14.9 Å². The van der Waals surface area contributed by atoms with Crippen molar-refractivity contribution in [2.75, 3.05) is 18.5 Å². The van der Waals surface area contributed by atoms with Crippen LogP contribution in [0.25, 0.3) is 0 Å². The fraction of sp³-hybridized carbons (Fsp3) is 0.222. The van der Waals surface area contributed by atoms with Crippen LogP contribution in [0.2, 0.25) is 5.02 Å². The summed E-state index contributed by atoms with van der Waals surface area (Å²) in [5, 5.41) is 22.9. The molecular formula is C18H16ClN3O5. The maximum Gasteiger partial charge on any atom is 0.313 e. The van der Waals surface area contributed by atoms with Crippen molar-refractivity contribution in [3.63, 3.8) is 0 Å². The second-order valence-corrected chi connectivity index (χ2v) is 5.66. The Labute approximate surface area is 160 Å². The molecule has 2 aromatic carbocycles. The quantitative estimate of drug-likeness (QED) is 0.315. The van der Waals surface area contributed by atoms with E-state index in [1.165, 1.54) is 18.2 Å². The van der Waals surface area contributed by atoms with Gasteiger partial charge in [-0.3, -0.25) is 14.9 Å². The molecule has 0 heterocycles. The number of para-hydroxylation sites is 2. The molecule has 0 bridgehead atoms. The van der Waals surface area contributed by atoms with Crippen molar-refractivity contribution in [2.45, 2.75) is 13.3 Å². The lowest BCUT2D eigenvalue weighted by atomic mass is 10.2. The highest BCUT2D eigenvalue weighted by Crippen LogP contribution is 2.36. The van der Waals surface area contributed by atoms with Crippen LogP contribution in [0.5, 0.6) is 11.5 Å². The second kappa shape index (κ2) is 9.40. The Hall–Kier alpha value is -3.31. The van der Waals surface area contributed by atoms with Gasteiger partial charge >= 0.3 is 5.97 Å². The normalized spacial score (nSPS) is 9.96. The highest BCUT2D eigenvalue weighted by molar-refractivity contribution is 6.32. The summed E-state index contributed by atoms with van der Waals surface area (Å²) in [5.74, 6) is -0.372. The first-order valence-corrected chi connectivity index (χ1v) is 8.38. The van der Waals surface area contributed by atoms with Crippen LogP contribution in [0.1, 0.15) is 18.9 Å². The molecule has 0 radical (unpaired) electrons. The number of anilines is 1. The minimum Gasteiger partial charge on any atom is -0.490 e. The molecule has 0 aliphatic carbocycles. The maximum absolute atomic E-state index is 12.1. The Bertz CT molecular complexity index is 895. The highest BCUT2D eigenvalue weighted by Gasteiger charge is 2.17. The topological polar surface area (TPSA) is 114 Å². The van der Waals surface area contributed by atoms with Crippen molar-refractivity contribution in [1.29, 1.82) is 5.26 Å². The van der Waals surface area contributed by atoms with Crippen LogP contribution in [-0.4, -0.2) is 24.0 Å². The lowest BCUT2D eigenvalue weighted by molar-refractivity contribution is -0.384. The third kappa shape index (κ3) is 5.33. The Morgan fingerprint density at radius 2 is 2.11 bits per heavy atom. The smallest absolute Gasteiger partial charge is 0.313 e. The van der Waals surface area contributed by atoms with Crippen molar-refractivity contribution >= 4 is 28.9 Å². The first kappa shape index (κ1) is 20.0. The molecule has 0 amide bonds. The van der Waals surface area contributed by atoms with Gasteiger partial charge in [-0.15, -0.1) is 0 Å². The summed E-state index contributed by atoms with van der Waals surface area (Å²) in [6.45, 7) is 2.17. The van der Waals surface area contributed by atoms with E-state index < -0.39 is 10.9 Å². The minimum absolute atomic E-state index is 0.0354. The van der Waals surface area contributed by atoms with Crippen LogP contribution in [-0.2, 0) is 4.79 Å². The number of halogens is 1. The molecule has 0 atom stereocenters. The number of carbonyl (C=O) groups is 1. The van der Waals surface area contributed by atoms with Crippen LogP contribution in [0.4, 0.5) is 11.4 Å². The van der Waals surface area contributed by atoms with Crippen LogP contribution < -0.4 is 14.8 Å². The fourth-order valence-corrected chi connectivity index (χ4v) is 2.49.